The van der Waals surface area contributed by atoms with Gasteiger partial charge in [0.25, 0.3) is 0 Å². The van der Waals surface area contributed by atoms with Gasteiger partial charge in [-0.25, -0.2) is 0 Å². The predicted octanol–water partition coefficient (Wildman–Crippen LogP) is 2.71. The number of carboxylic acid groups (broad SMARTS) is 1. The molecule has 0 bridgehead atoms. The lowest BCUT2D eigenvalue weighted by atomic mass is 10.1. The van der Waals surface area contributed by atoms with Crippen molar-refractivity contribution in [3.63, 3.8) is 0 Å². The van der Waals surface area contributed by atoms with Gasteiger partial charge in [-0.15, -0.1) is 0 Å². The first-order chi connectivity index (χ1) is 12.6. The Balaban J connectivity index is 1.33. The van der Waals surface area contributed by atoms with E-state index in [1.165, 1.54) is 18.4 Å². The number of carbonyl (C=O) groups is 2. The van der Waals surface area contributed by atoms with Crippen LogP contribution in [0, 0.1) is 5.92 Å². The lowest BCUT2D eigenvalue weighted by molar-refractivity contribution is -0.141. The number of amides is 1. The molecule has 1 aromatic rings. The molecule has 0 radical (unpaired) electrons. The van der Waals surface area contributed by atoms with Gasteiger partial charge in [-0.05, 0) is 56.8 Å². The van der Waals surface area contributed by atoms with Crippen LogP contribution in [0.1, 0.15) is 56.6 Å². The van der Waals surface area contributed by atoms with Crippen LogP contribution in [0.5, 0.6) is 0 Å². The van der Waals surface area contributed by atoms with Gasteiger partial charge in [-0.1, -0.05) is 12.5 Å². The third kappa shape index (κ3) is 4.81. The highest BCUT2D eigenvalue weighted by Gasteiger charge is 2.30. The molecular weight excluding hydrogens is 330 g/mol. The fraction of sp³-hybridized carbons (Fsp3) is 0.650. The van der Waals surface area contributed by atoms with Gasteiger partial charge in [0.1, 0.15) is 0 Å². The zero-order valence-corrected chi connectivity index (χ0v) is 15.3. The minimum absolute atomic E-state index is 0.114. The first-order valence-electron chi connectivity index (χ1n) is 9.79. The number of aromatic nitrogens is 1. The zero-order chi connectivity index (χ0) is 18.4. The quantitative estimate of drug-likeness (QED) is 0.723. The topological polar surface area (TPSA) is 73.7 Å². The summed E-state index contributed by atoms with van der Waals surface area (Å²) in [6, 6.07) is 4.66. The molecule has 0 aliphatic carbocycles. The second kappa shape index (κ2) is 9.12. The average Bonchev–Trinajstić information content (AvgIpc) is 3.32. The normalized spacial score (nSPS) is 23.5. The zero-order valence-electron chi connectivity index (χ0n) is 15.3. The molecule has 0 spiro atoms. The van der Waals surface area contributed by atoms with Crippen molar-refractivity contribution in [2.45, 2.75) is 51.0 Å². The average molecular weight is 359 g/mol. The lowest BCUT2D eigenvalue weighted by Gasteiger charge is -2.24. The van der Waals surface area contributed by atoms with Gasteiger partial charge in [-0.2, -0.15) is 0 Å². The summed E-state index contributed by atoms with van der Waals surface area (Å²) in [6.07, 6.45) is 10.4. The number of hydrogen-bond acceptors (Lipinski definition) is 4. The van der Waals surface area contributed by atoms with Gasteiger partial charge in [0, 0.05) is 37.9 Å². The van der Waals surface area contributed by atoms with Crippen molar-refractivity contribution in [2.75, 3.05) is 26.2 Å². The molecule has 2 saturated heterocycles. The first-order valence-corrected chi connectivity index (χ1v) is 9.79. The van der Waals surface area contributed by atoms with Crippen molar-refractivity contribution in [3.05, 3.63) is 30.1 Å². The maximum absolute atomic E-state index is 12.2. The minimum Gasteiger partial charge on any atom is -0.481 e. The summed E-state index contributed by atoms with van der Waals surface area (Å²) in [5.74, 6) is -1.05. The number of rotatable bonds is 8. The second-order valence-electron chi connectivity index (χ2n) is 7.45. The number of pyridine rings is 1. The van der Waals surface area contributed by atoms with Gasteiger partial charge in [0.05, 0.1) is 5.92 Å². The van der Waals surface area contributed by atoms with E-state index < -0.39 is 5.97 Å². The van der Waals surface area contributed by atoms with Crippen LogP contribution in [0.4, 0.5) is 0 Å². The summed E-state index contributed by atoms with van der Waals surface area (Å²) in [5.41, 5.74) is 1.31. The Labute approximate surface area is 155 Å². The summed E-state index contributed by atoms with van der Waals surface area (Å²) in [7, 11) is 0. The lowest BCUT2D eigenvalue weighted by Crippen LogP contribution is -2.29. The fourth-order valence-corrected chi connectivity index (χ4v) is 4.16. The molecule has 3 rings (SSSR count). The molecule has 142 valence electrons. The van der Waals surface area contributed by atoms with Gasteiger partial charge < -0.3 is 10.0 Å². The Morgan fingerprint density at radius 3 is 2.81 bits per heavy atom. The molecule has 0 aromatic carbocycles. The van der Waals surface area contributed by atoms with E-state index in [4.69, 9.17) is 5.11 Å². The summed E-state index contributed by atoms with van der Waals surface area (Å²) < 4.78 is 0. The molecule has 6 nitrogen and oxygen atoms in total. The van der Waals surface area contributed by atoms with Gasteiger partial charge >= 0.3 is 5.97 Å². The monoisotopic (exact) mass is 359 g/mol. The fourth-order valence-electron chi connectivity index (χ4n) is 4.16. The number of carboxylic acids is 1. The molecule has 1 N–H and O–H groups in total. The molecule has 2 aliphatic heterocycles. The van der Waals surface area contributed by atoms with Gasteiger partial charge in [0.15, 0.2) is 0 Å². The third-order valence-corrected chi connectivity index (χ3v) is 5.66. The number of nitrogens with zero attached hydrogens (tertiary/aromatic N) is 3. The molecule has 0 saturated carbocycles. The van der Waals surface area contributed by atoms with Crippen LogP contribution in [0.15, 0.2) is 24.5 Å². The minimum atomic E-state index is -0.783. The summed E-state index contributed by atoms with van der Waals surface area (Å²) in [5, 5.41) is 9.02. The number of hydrogen-bond donors (Lipinski definition) is 1. The van der Waals surface area contributed by atoms with Crippen LogP contribution in [0.25, 0.3) is 0 Å². The van der Waals surface area contributed by atoms with E-state index in [-0.39, 0.29) is 11.8 Å². The molecule has 2 fully saturated rings. The van der Waals surface area contributed by atoms with Crippen molar-refractivity contribution in [1.82, 2.24) is 14.8 Å². The maximum atomic E-state index is 12.2. The van der Waals surface area contributed by atoms with Crippen LogP contribution in [0.2, 0.25) is 0 Å². The number of likely N-dealkylation sites (tertiary alicyclic amines) is 2. The Kier molecular flexibility index (Phi) is 6.61. The smallest absolute Gasteiger partial charge is 0.308 e. The van der Waals surface area contributed by atoms with Crippen LogP contribution in [-0.2, 0) is 9.59 Å². The standard InChI is InChI=1S/C20H29N3O3/c24-19(23-13-9-17(15-23)20(25)26)8-2-1-3-11-22-12-5-7-18(22)16-6-4-10-21-14-16/h4,6,10,14,17-18H,1-3,5,7-9,11-13,15H2,(H,25,26). The van der Waals surface area contributed by atoms with E-state index in [0.717, 1.165) is 32.4 Å². The van der Waals surface area contributed by atoms with Crippen molar-refractivity contribution in [1.29, 1.82) is 0 Å². The number of aliphatic carboxylic acids is 1. The SMILES string of the molecule is O=C(O)C1CCN(C(=O)CCCCCN2CCCC2c2cccnc2)C1. The summed E-state index contributed by atoms with van der Waals surface area (Å²) in [4.78, 5) is 31.7. The molecule has 3 heterocycles. The maximum Gasteiger partial charge on any atom is 0.308 e. The molecule has 1 aromatic heterocycles. The van der Waals surface area contributed by atoms with Crippen molar-refractivity contribution < 1.29 is 14.7 Å². The molecular formula is C20H29N3O3. The summed E-state index contributed by atoms with van der Waals surface area (Å²) in [6.45, 7) is 3.19. The first kappa shape index (κ1) is 18.8. The van der Waals surface area contributed by atoms with Crippen molar-refractivity contribution in [2.24, 2.45) is 5.92 Å². The highest BCUT2D eigenvalue weighted by Crippen LogP contribution is 2.31. The van der Waals surface area contributed by atoms with Crippen LogP contribution >= 0.6 is 0 Å². The second-order valence-corrected chi connectivity index (χ2v) is 7.45. The van der Waals surface area contributed by atoms with Crippen LogP contribution < -0.4 is 0 Å². The Morgan fingerprint density at radius 2 is 2.08 bits per heavy atom. The van der Waals surface area contributed by atoms with E-state index in [1.807, 2.05) is 18.5 Å². The van der Waals surface area contributed by atoms with Crippen molar-refractivity contribution >= 4 is 11.9 Å². The summed E-state index contributed by atoms with van der Waals surface area (Å²) >= 11 is 0. The molecule has 26 heavy (non-hydrogen) atoms. The molecule has 2 atom stereocenters. The van der Waals surface area contributed by atoms with Crippen LogP contribution in [0.3, 0.4) is 0 Å². The van der Waals surface area contributed by atoms with E-state index >= 15 is 0 Å². The third-order valence-electron chi connectivity index (χ3n) is 5.66. The Hall–Kier alpha value is -1.95. The van der Waals surface area contributed by atoms with Gasteiger partial charge in [-0.3, -0.25) is 19.5 Å². The molecule has 6 heteroatoms. The Bertz CT molecular complexity index is 608. The van der Waals surface area contributed by atoms with E-state index in [1.54, 1.807) is 4.90 Å². The van der Waals surface area contributed by atoms with Gasteiger partial charge in [0.2, 0.25) is 5.91 Å². The van der Waals surface area contributed by atoms with E-state index in [0.29, 0.717) is 32.0 Å². The molecule has 2 aliphatic rings. The number of unbranched alkanes of at least 4 members (excludes halogenated alkanes) is 2. The Morgan fingerprint density at radius 1 is 1.19 bits per heavy atom. The highest BCUT2D eigenvalue weighted by atomic mass is 16.4. The van der Waals surface area contributed by atoms with Crippen LogP contribution in [-0.4, -0.2) is 57.9 Å². The number of carbonyl (C=O) groups excluding carboxylic acids is 1. The van der Waals surface area contributed by atoms with E-state index in [9.17, 15) is 9.59 Å². The molecule has 1 amide bonds. The highest BCUT2D eigenvalue weighted by molar-refractivity contribution is 5.78. The molecule has 2 unspecified atom stereocenters. The predicted molar refractivity (Wildman–Crippen MR) is 98.6 cm³/mol. The largest absolute Gasteiger partial charge is 0.481 e. The van der Waals surface area contributed by atoms with Crippen molar-refractivity contribution in [3.8, 4) is 0 Å². The van der Waals surface area contributed by atoms with E-state index in [2.05, 4.69) is 16.0 Å².